The molecule has 6 heteroatoms. The van der Waals surface area contributed by atoms with Gasteiger partial charge in [-0.3, -0.25) is 5.32 Å². The second-order valence-electron chi connectivity index (χ2n) is 5.42. The van der Waals surface area contributed by atoms with E-state index in [0.29, 0.717) is 12.3 Å². The minimum Gasteiger partial charge on any atom is -0.493 e. The summed E-state index contributed by atoms with van der Waals surface area (Å²) in [6.07, 6.45) is -0.0788. The van der Waals surface area contributed by atoms with Gasteiger partial charge in [-0.25, -0.2) is 4.79 Å². The van der Waals surface area contributed by atoms with Gasteiger partial charge in [0.1, 0.15) is 5.75 Å². The molecule has 1 aliphatic heterocycles. The fraction of sp³-hybridized carbons (Fsp3) is 0.353. The lowest BCUT2D eigenvalue weighted by Gasteiger charge is -2.23. The quantitative estimate of drug-likeness (QED) is 0.790. The monoisotopic (exact) mass is 316 g/mol. The average Bonchev–Trinajstić information content (AvgIpc) is 2.57. The molecule has 23 heavy (non-hydrogen) atoms. The summed E-state index contributed by atoms with van der Waals surface area (Å²) < 4.78 is 11.5. The van der Waals surface area contributed by atoms with Gasteiger partial charge in [0, 0.05) is 30.3 Å². The number of rotatable bonds is 5. The van der Waals surface area contributed by atoms with Gasteiger partial charge in [-0.15, -0.1) is 0 Å². The first-order valence-corrected chi connectivity index (χ1v) is 7.71. The van der Waals surface area contributed by atoms with Crippen LogP contribution in [-0.2, 0) is 4.74 Å². The van der Waals surface area contributed by atoms with E-state index >= 15 is 0 Å². The van der Waals surface area contributed by atoms with Crippen LogP contribution in [0.2, 0.25) is 0 Å². The van der Waals surface area contributed by atoms with Crippen molar-refractivity contribution in [2.75, 3.05) is 31.6 Å². The van der Waals surface area contributed by atoms with Gasteiger partial charge >= 0.3 is 6.09 Å². The molecule has 0 bridgehead atoms. The maximum atomic E-state index is 10.9. The highest BCUT2D eigenvalue weighted by atomic mass is 16.5. The van der Waals surface area contributed by atoms with Crippen LogP contribution in [0, 0.1) is 0 Å². The Kier molecular flexibility index (Phi) is 4.95. The van der Waals surface area contributed by atoms with Crippen LogP contribution in [0.1, 0.15) is 6.42 Å². The smallest absolute Gasteiger partial charge is 0.409 e. The molecule has 3 rings (SSSR count). The highest BCUT2D eigenvalue weighted by molar-refractivity contribution is 6.02. The summed E-state index contributed by atoms with van der Waals surface area (Å²) in [5.74, 6) is 0.750. The molecule has 0 aromatic heterocycles. The zero-order valence-corrected chi connectivity index (χ0v) is 12.7. The van der Waals surface area contributed by atoms with E-state index in [0.717, 1.165) is 42.6 Å². The molecule has 2 aromatic rings. The number of ether oxygens (including phenoxy) is 2. The van der Waals surface area contributed by atoms with E-state index in [9.17, 15) is 4.79 Å². The lowest BCUT2D eigenvalue weighted by Crippen LogP contribution is -2.39. The predicted molar refractivity (Wildman–Crippen MR) is 88.3 cm³/mol. The molecular weight excluding hydrogens is 296 g/mol. The van der Waals surface area contributed by atoms with Crippen molar-refractivity contribution in [2.24, 2.45) is 0 Å². The van der Waals surface area contributed by atoms with Gasteiger partial charge < -0.3 is 19.9 Å². The van der Waals surface area contributed by atoms with E-state index < -0.39 is 6.09 Å². The molecule has 2 aromatic carbocycles. The fourth-order valence-corrected chi connectivity index (χ4v) is 2.73. The Morgan fingerprint density at radius 2 is 2.13 bits per heavy atom. The number of nitrogens with one attached hydrogen (secondary N) is 2. The second-order valence-corrected chi connectivity index (χ2v) is 5.42. The summed E-state index contributed by atoms with van der Waals surface area (Å²) in [4.78, 5) is 10.9. The molecule has 0 spiro atoms. The minimum atomic E-state index is -1.08. The second kappa shape index (κ2) is 7.30. The van der Waals surface area contributed by atoms with E-state index in [-0.39, 0.29) is 6.10 Å². The van der Waals surface area contributed by atoms with Crippen LogP contribution in [-0.4, -0.2) is 43.6 Å². The normalized spacial score (nSPS) is 17.8. The van der Waals surface area contributed by atoms with Gasteiger partial charge in [0.2, 0.25) is 0 Å². The van der Waals surface area contributed by atoms with E-state index in [1.54, 1.807) is 12.1 Å². The van der Waals surface area contributed by atoms with Crippen LogP contribution in [0.5, 0.6) is 5.75 Å². The lowest BCUT2D eigenvalue weighted by molar-refractivity contribution is 0.0160. The summed E-state index contributed by atoms with van der Waals surface area (Å²) in [5.41, 5.74) is 0.556. The predicted octanol–water partition coefficient (Wildman–Crippen LogP) is 2.69. The number of carbonyl (C=O) groups is 1. The summed E-state index contributed by atoms with van der Waals surface area (Å²) in [6.45, 7) is 3.05. The maximum absolute atomic E-state index is 10.9. The molecule has 0 saturated carbocycles. The van der Waals surface area contributed by atoms with Crippen LogP contribution in [0.15, 0.2) is 36.4 Å². The molecule has 3 N–H and O–H groups in total. The number of hydrogen-bond acceptors (Lipinski definition) is 4. The van der Waals surface area contributed by atoms with E-state index in [2.05, 4.69) is 10.6 Å². The standard InChI is InChI=1S/C17H20N2O4/c20-17(21)19-15-5-6-16(14-4-2-1-3-13(14)15)23-9-7-12-11-18-8-10-22-12/h1-6,12,18-19H,7-11H2,(H,20,21). The summed E-state index contributed by atoms with van der Waals surface area (Å²) in [6, 6.07) is 11.1. The van der Waals surface area contributed by atoms with Crippen molar-refractivity contribution >= 4 is 22.6 Å². The van der Waals surface area contributed by atoms with E-state index in [1.165, 1.54) is 0 Å². The molecule has 0 radical (unpaired) electrons. The van der Waals surface area contributed by atoms with Gasteiger partial charge in [-0.1, -0.05) is 24.3 Å². The topological polar surface area (TPSA) is 79.8 Å². The molecule has 1 saturated heterocycles. The Balaban J connectivity index is 1.72. The van der Waals surface area contributed by atoms with E-state index in [4.69, 9.17) is 14.6 Å². The third-order valence-electron chi connectivity index (χ3n) is 3.83. The van der Waals surface area contributed by atoms with Crippen molar-refractivity contribution in [2.45, 2.75) is 12.5 Å². The number of hydrogen-bond donors (Lipinski definition) is 3. The third kappa shape index (κ3) is 3.91. The average molecular weight is 316 g/mol. The number of amides is 1. The highest BCUT2D eigenvalue weighted by Crippen LogP contribution is 2.31. The highest BCUT2D eigenvalue weighted by Gasteiger charge is 2.14. The van der Waals surface area contributed by atoms with Crippen LogP contribution in [0.3, 0.4) is 0 Å². The number of anilines is 1. The molecule has 6 nitrogen and oxygen atoms in total. The Morgan fingerprint density at radius 3 is 2.87 bits per heavy atom. The molecular formula is C17H20N2O4. The van der Waals surface area contributed by atoms with Gasteiger partial charge in [-0.05, 0) is 12.1 Å². The molecule has 1 fully saturated rings. The summed E-state index contributed by atoms with van der Waals surface area (Å²) in [7, 11) is 0. The number of fused-ring (bicyclic) bond motifs is 1. The van der Waals surface area contributed by atoms with Gasteiger partial charge in [0.05, 0.1) is 25.0 Å². The van der Waals surface area contributed by atoms with Crippen LogP contribution in [0.4, 0.5) is 10.5 Å². The Hall–Kier alpha value is -2.31. The number of morpholine rings is 1. The number of carboxylic acid groups (broad SMARTS) is 1. The summed E-state index contributed by atoms with van der Waals surface area (Å²) >= 11 is 0. The van der Waals surface area contributed by atoms with Crippen molar-refractivity contribution in [1.29, 1.82) is 0 Å². The summed E-state index contributed by atoms with van der Waals surface area (Å²) in [5, 5.41) is 16.3. The maximum Gasteiger partial charge on any atom is 0.409 e. The molecule has 122 valence electrons. The van der Waals surface area contributed by atoms with Crippen LogP contribution < -0.4 is 15.4 Å². The zero-order valence-electron chi connectivity index (χ0n) is 12.7. The largest absolute Gasteiger partial charge is 0.493 e. The van der Waals surface area contributed by atoms with E-state index in [1.807, 2.05) is 24.3 Å². The first-order chi connectivity index (χ1) is 11.2. The molecule has 1 atom stereocenters. The fourth-order valence-electron chi connectivity index (χ4n) is 2.73. The number of benzene rings is 2. The van der Waals surface area contributed by atoms with Crippen molar-refractivity contribution in [3.8, 4) is 5.75 Å². The Morgan fingerprint density at radius 1 is 1.30 bits per heavy atom. The minimum absolute atomic E-state index is 0.183. The first kappa shape index (κ1) is 15.6. The van der Waals surface area contributed by atoms with Crippen LogP contribution in [0.25, 0.3) is 10.8 Å². The first-order valence-electron chi connectivity index (χ1n) is 7.71. The lowest BCUT2D eigenvalue weighted by atomic mass is 10.1. The Labute approximate surface area is 134 Å². The van der Waals surface area contributed by atoms with Crippen molar-refractivity contribution in [3.05, 3.63) is 36.4 Å². The molecule has 1 unspecified atom stereocenters. The van der Waals surface area contributed by atoms with Gasteiger partial charge in [-0.2, -0.15) is 0 Å². The van der Waals surface area contributed by atoms with Gasteiger partial charge in [0.15, 0.2) is 0 Å². The SMILES string of the molecule is O=C(O)Nc1ccc(OCCC2CNCCO2)c2ccccc12. The van der Waals surface area contributed by atoms with Crippen molar-refractivity contribution < 1.29 is 19.4 Å². The van der Waals surface area contributed by atoms with Gasteiger partial charge in [0.25, 0.3) is 0 Å². The zero-order chi connectivity index (χ0) is 16.1. The van der Waals surface area contributed by atoms with Crippen molar-refractivity contribution in [3.63, 3.8) is 0 Å². The third-order valence-corrected chi connectivity index (χ3v) is 3.83. The molecule has 1 aliphatic rings. The molecule has 1 amide bonds. The molecule has 0 aliphatic carbocycles. The van der Waals surface area contributed by atoms with Crippen LogP contribution >= 0.6 is 0 Å². The molecule has 1 heterocycles. The Bertz CT molecular complexity index is 683. The van der Waals surface area contributed by atoms with Crippen molar-refractivity contribution in [1.82, 2.24) is 5.32 Å².